The van der Waals surface area contributed by atoms with Crippen molar-refractivity contribution in [2.75, 3.05) is 19.1 Å². The SMILES string of the molecule is COc1ccc(N2C(=O)NC(=O)/C(=C\c3cc(Cl)c(OCc4ccc([N+](=O)[O-])cc4)c(OC)c3)C2=O)cc1. The number of nitro benzene ring substituents is 1. The van der Waals surface area contributed by atoms with Crippen molar-refractivity contribution in [2.24, 2.45) is 0 Å². The average Bonchev–Trinajstić information content (AvgIpc) is 2.90. The topological polar surface area (TPSA) is 137 Å². The summed E-state index contributed by atoms with van der Waals surface area (Å²) < 4.78 is 16.3. The van der Waals surface area contributed by atoms with Crippen LogP contribution in [-0.4, -0.2) is 37.0 Å². The highest BCUT2D eigenvalue weighted by molar-refractivity contribution is 6.39. The van der Waals surface area contributed by atoms with Crippen molar-refractivity contribution < 1.29 is 33.5 Å². The molecule has 3 aromatic rings. The van der Waals surface area contributed by atoms with Crippen LogP contribution in [0.25, 0.3) is 6.08 Å². The Morgan fingerprint density at radius 2 is 1.68 bits per heavy atom. The lowest BCUT2D eigenvalue weighted by atomic mass is 10.1. The summed E-state index contributed by atoms with van der Waals surface area (Å²) >= 11 is 6.43. The Morgan fingerprint density at radius 3 is 2.29 bits per heavy atom. The molecule has 12 heteroatoms. The number of halogens is 1. The highest BCUT2D eigenvalue weighted by atomic mass is 35.5. The lowest BCUT2D eigenvalue weighted by molar-refractivity contribution is -0.384. The van der Waals surface area contributed by atoms with Gasteiger partial charge in [-0.2, -0.15) is 0 Å². The molecule has 0 spiro atoms. The van der Waals surface area contributed by atoms with Gasteiger partial charge in [0, 0.05) is 12.1 Å². The molecule has 4 amide bonds. The van der Waals surface area contributed by atoms with Crippen molar-refractivity contribution in [3.8, 4) is 17.2 Å². The van der Waals surface area contributed by atoms with Crippen LogP contribution in [0.3, 0.4) is 0 Å². The number of carbonyl (C=O) groups excluding carboxylic acids is 3. The smallest absolute Gasteiger partial charge is 0.335 e. The maximum atomic E-state index is 13.2. The van der Waals surface area contributed by atoms with E-state index in [9.17, 15) is 24.5 Å². The molecule has 1 N–H and O–H groups in total. The molecular formula is C26H20ClN3O8. The average molecular weight is 538 g/mol. The summed E-state index contributed by atoms with van der Waals surface area (Å²) in [6.07, 6.45) is 1.29. The zero-order chi connectivity index (χ0) is 27.4. The first-order valence-electron chi connectivity index (χ1n) is 11.0. The van der Waals surface area contributed by atoms with E-state index >= 15 is 0 Å². The molecule has 0 atom stereocenters. The van der Waals surface area contributed by atoms with E-state index in [1.165, 1.54) is 56.7 Å². The van der Waals surface area contributed by atoms with Crippen LogP contribution in [0.2, 0.25) is 5.02 Å². The highest BCUT2D eigenvalue weighted by Crippen LogP contribution is 2.38. The summed E-state index contributed by atoms with van der Waals surface area (Å²) in [5.74, 6) is -0.735. The van der Waals surface area contributed by atoms with Gasteiger partial charge in [-0.25, -0.2) is 9.69 Å². The predicted octanol–water partition coefficient (Wildman–Crippen LogP) is 4.51. The van der Waals surface area contributed by atoms with Crippen molar-refractivity contribution >= 4 is 46.9 Å². The van der Waals surface area contributed by atoms with Crippen LogP contribution in [0, 0.1) is 10.1 Å². The number of anilines is 1. The van der Waals surface area contributed by atoms with Crippen LogP contribution in [0.1, 0.15) is 11.1 Å². The Hall–Kier alpha value is -4.90. The predicted molar refractivity (Wildman–Crippen MR) is 137 cm³/mol. The van der Waals surface area contributed by atoms with Crippen LogP contribution in [0.4, 0.5) is 16.2 Å². The van der Waals surface area contributed by atoms with Crippen molar-refractivity contribution in [2.45, 2.75) is 6.61 Å². The molecule has 1 saturated heterocycles. The number of non-ortho nitro benzene ring substituents is 1. The van der Waals surface area contributed by atoms with Crippen LogP contribution >= 0.6 is 11.6 Å². The molecule has 3 aromatic carbocycles. The molecule has 4 rings (SSSR count). The lowest BCUT2D eigenvalue weighted by Crippen LogP contribution is -2.54. The summed E-state index contributed by atoms with van der Waals surface area (Å²) in [4.78, 5) is 49.3. The number of amides is 4. The van der Waals surface area contributed by atoms with Gasteiger partial charge in [-0.15, -0.1) is 0 Å². The molecule has 11 nitrogen and oxygen atoms in total. The van der Waals surface area contributed by atoms with Gasteiger partial charge < -0.3 is 14.2 Å². The van der Waals surface area contributed by atoms with Gasteiger partial charge in [0.2, 0.25) is 0 Å². The number of nitro groups is 1. The number of rotatable bonds is 8. The quantitative estimate of drug-likeness (QED) is 0.192. The first kappa shape index (κ1) is 26.2. The van der Waals surface area contributed by atoms with E-state index in [-0.39, 0.29) is 40.1 Å². The minimum Gasteiger partial charge on any atom is -0.497 e. The third-order valence-corrected chi connectivity index (χ3v) is 5.81. The molecular weight excluding hydrogens is 518 g/mol. The number of hydrogen-bond donors (Lipinski definition) is 1. The number of methoxy groups -OCH3 is 2. The fourth-order valence-electron chi connectivity index (χ4n) is 3.62. The molecule has 1 aliphatic heterocycles. The Bertz CT molecular complexity index is 1450. The van der Waals surface area contributed by atoms with E-state index in [1.54, 1.807) is 24.3 Å². The standard InChI is InChI=1S/C26H20ClN3O8/c1-36-19-9-7-17(8-10-19)29-25(32)20(24(31)28-26(29)33)11-16-12-21(27)23(22(13-16)37-2)38-14-15-3-5-18(6-4-15)30(34)35/h3-13H,14H2,1-2H3,(H,28,31,33)/b20-11+. The monoisotopic (exact) mass is 537 g/mol. The van der Waals surface area contributed by atoms with Gasteiger partial charge in [0.05, 0.1) is 29.9 Å². The van der Waals surface area contributed by atoms with Crippen molar-refractivity contribution in [3.05, 3.63) is 92.5 Å². The Balaban J connectivity index is 1.59. The number of benzene rings is 3. The van der Waals surface area contributed by atoms with Gasteiger partial charge in [0.1, 0.15) is 17.9 Å². The Labute approximate surface area is 221 Å². The summed E-state index contributed by atoms with van der Waals surface area (Å²) in [6, 6.07) is 14.1. The number of carbonyl (C=O) groups is 3. The van der Waals surface area contributed by atoms with Gasteiger partial charge in [0.25, 0.3) is 17.5 Å². The van der Waals surface area contributed by atoms with Gasteiger partial charge in [-0.05, 0) is 65.7 Å². The maximum Gasteiger partial charge on any atom is 0.335 e. The molecule has 0 radical (unpaired) electrons. The van der Waals surface area contributed by atoms with Crippen molar-refractivity contribution in [1.82, 2.24) is 5.32 Å². The Morgan fingerprint density at radius 1 is 1.00 bits per heavy atom. The highest BCUT2D eigenvalue weighted by Gasteiger charge is 2.37. The zero-order valence-corrected chi connectivity index (χ0v) is 20.9. The number of urea groups is 1. The van der Waals surface area contributed by atoms with E-state index in [0.29, 0.717) is 16.9 Å². The Kier molecular flexibility index (Phi) is 7.58. The molecule has 0 unspecified atom stereocenters. The number of barbiturate groups is 1. The summed E-state index contributed by atoms with van der Waals surface area (Å²) in [7, 11) is 2.88. The van der Waals surface area contributed by atoms with E-state index in [1.807, 2.05) is 0 Å². The molecule has 1 aliphatic rings. The van der Waals surface area contributed by atoms with Gasteiger partial charge in [0.15, 0.2) is 11.5 Å². The minimum absolute atomic E-state index is 0.0460. The van der Waals surface area contributed by atoms with Crippen LogP contribution in [0.5, 0.6) is 17.2 Å². The molecule has 1 heterocycles. The summed E-state index contributed by atoms with van der Waals surface area (Å²) in [5, 5.41) is 13.1. The molecule has 194 valence electrons. The first-order chi connectivity index (χ1) is 18.2. The largest absolute Gasteiger partial charge is 0.497 e. The summed E-state index contributed by atoms with van der Waals surface area (Å²) in [5.41, 5.74) is 0.912. The molecule has 0 aliphatic carbocycles. The van der Waals surface area contributed by atoms with Crippen molar-refractivity contribution in [1.29, 1.82) is 0 Å². The van der Waals surface area contributed by atoms with Gasteiger partial charge >= 0.3 is 6.03 Å². The summed E-state index contributed by atoms with van der Waals surface area (Å²) in [6.45, 7) is 0.0499. The number of imide groups is 2. The van der Waals surface area contributed by atoms with Gasteiger partial charge in [-0.1, -0.05) is 11.6 Å². The second-order valence-electron chi connectivity index (χ2n) is 7.90. The van der Waals surface area contributed by atoms with E-state index in [4.69, 9.17) is 25.8 Å². The van der Waals surface area contributed by atoms with E-state index in [2.05, 4.69) is 5.32 Å². The van der Waals surface area contributed by atoms with Crippen LogP contribution < -0.4 is 24.4 Å². The normalized spacial score (nSPS) is 14.3. The number of hydrogen-bond acceptors (Lipinski definition) is 8. The second-order valence-corrected chi connectivity index (χ2v) is 8.31. The fraction of sp³-hybridized carbons (Fsp3) is 0.115. The lowest BCUT2D eigenvalue weighted by Gasteiger charge is -2.26. The molecule has 0 aromatic heterocycles. The fourth-order valence-corrected chi connectivity index (χ4v) is 3.90. The third-order valence-electron chi connectivity index (χ3n) is 5.53. The molecule has 1 fully saturated rings. The van der Waals surface area contributed by atoms with E-state index in [0.717, 1.165) is 4.90 Å². The number of nitrogens with zero attached hydrogens (tertiary/aromatic N) is 2. The molecule has 0 bridgehead atoms. The zero-order valence-electron chi connectivity index (χ0n) is 20.1. The van der Waals surface area contributed by atoms with Crippen molar-refractivity contribution in [3.63, 3.8) is 0 Å². The maximum absolute atomic E-state index is 13.2. The van der Waals surface area contributed by atoms with Crippen LogP contribution in [-0.2, 0) is 16.2 Å². The van der Waals surface area contributed by atoms with Gasteiger partial charge in [-0.3, -0.25) is 25.0 Å². The minimum atomic E-state index is -0.882. The third kappa shape index (κ3) is 5.42. The molecule has 38 heavy (non-hydrogen) atoms. The second kappa shape index (κ2) is 11.0. The number of nitrogens with one attached hydrogen (secondary N) is 1. The first-order valence-corrected chi connectivity index (χ1v) is 11.4. The van der Waals surface area contributed by atoms with Crippen LogP contribution in [0.15, 0.2) is 66.2 Å². The number of ether oxygens (including phenoxy) is 3. The van der Waals surface area contributed by atoms with E-state index < -0.39 is 22.8 Å². The molecule has 0 saturated carbocycles.